The van der Waals surface area contributed by atoms with Crippen molar-refractivity contribution < 1.29 is 12.8 Å². The first kappa shape index (κ1) is 13.4. The monoisotopic (exact) mass is 308 g/mol. The van der Waals surface area contributed by atoms with Crippen molar-refractivity contribution in [3.63, 3.8) is 0 Å². The van der Waals surface area contributed by atoms with Gasteiger partial charge in [0.2, 0.25) is 0 Å². The predicted octanol–water partition coefficient (Wildman–Crippen LogP) is 0.856. The van der Waals surface area contributed by atoms with Crippen LogP contribution in [-0.2, 0) is 9.84 Å². The molecule has 0 fully saturated rings. The van der Waals surface area contributed by atoms with Gasteiger partial charge in [0, 0.05) is 11.8 Å². The first-order chi connectivity index (χ1) is 9.88. The predicted molar refractivity (Wildman–Crippen MR) is 73.0 cm³/mol. The van der Waals surface area contributed by atoms with Crippen molar-refractivity contribution in [3.05, 3.63) is 40.7 Å². The Balaban J connectivity index is 2.27. The summed E-state index contributed by atoms with van der Waals surface area (Å²) in [5, 5.41) is 6.49. The molecule has 3 rings (SSSR count). The SMILES string of the molecule is CS(=O)(=O)c1ccc(-c2[nH]nc3nc[nH]c(=O)c23)c(F)c1. The fourth-order valence-corrected chi connectivity index (χ4v) is 2.62. The second kappa shape index (κ2) is 4.48. The van der Waals surface area contributed by atoms with Crippen molar-refractivity contribution >= 4 is 20.9 Å². The van der Waals surface area contributed by atoms with Crippen LogP contribution in [0.2, 0.25) is 0 Å². The van der Waals surface area contributed by atoms with Crippen LogP contribution in [0.5, 0.6) is 0 Å². The maximum atomic E-state index is 14.2. The fourth-order valence-electron chi connectivity index (χ4n) is 1.99. The maximum Gasteiger partial charge on any atom is 0.262 e. The number of halogens is 1. The van der Waals surface area contributed by atoms with E-state index in [1.165, 1.54) is 18.5 Å². The highest BCUT2D eigenvalue weighted by molar-refractivity contribution is 7.90. The molecular formula is C12H9FN4O3S. The second-order valence-electron chi connectivity index (χ2n) is 4.44. The van der Waals surface area contributed by atoms with Gasteiger partial charge in [0.15, 0.2) is 15.5 Å². The lowest BCUT2D eigenvalue weighted by atomic mass is 10.1. The highest BCUT2D eigenvalue weighted by Crippen LogP contribution is 2.27. The first-order valence-corrected chi connectivity index (χ1v) is 7.69. The molecule has 0 unspecified atom stereocenters. The van der Waals surface area contributed by atoms with Crippen LogP contribution in [0, 0.1) is 5.82 Å². The van der Waals surface area contributed by atoms with Crippen molar-refractivity contribution in [2.24, 2.45) is 0 Å². The normalized spacial score (nSPS) is 11.9. The van der Waals surface area contributed by atoms with Crippen LogP contribution in [0.25, 0.3) is 22.3 Å². The number of hydrogen-bond acceptors (Lipinski definition) is 5. The molecule has 0 aliphatic heterocycles. The van der Waals surface area contributed by atoms with E-state index in [-0.39, 0.29) is 27.2 Å². The number of rotatable bonds is 2. The van der Waals surface area contributed by atoms with Gasteiger partial charge in [0.05, 0.1) is 16.9 Å². The summed E-state index contributed by atoms with van der Waals surface area (Å²) in [5.74, 6) is -0.772. The van der Waals surface area contributed by atoms with Crippen LogP contribution < -0.4 is 5.56 Å². The van der Waals surface area contributed by atoms with Gasteiger partial charge in [-0.25, -0.2) is 17.8 Å². The molecule has 2 heterocycles. The number of hydrogen-bond donors (Lipinski definition) is 2. The molecule has 2 N–H and O–H groups in total. The van der Waals surface area contributed by atoms with Crippen LogP contribution in [0.15, 0.2) is 34.2 Å². The Bertz CT molecular complexity index is 1010. The lowest BCUT2D eigenvalue weighted by molar-refractivity contribution is 0.596. The highest BCUT2D eigenvalue weighted by atomic mass is 32.2. The third-order valence-corrected chi connectivity index (χ3v) is 4.11. The molecule has 0 atom stereocenters. The van der Waals surface area contributed by atoms with Crippen LogP contribution in [0.3, 0.4) is 0 Å². The molecule has 0 saturated heterocycles. The molecule has 0 radical (unpaired) electrons. The van der Waals surface area contributed by atoms with E-state index in [2.05, 4.69) is 20.2 Å². The molecule has 2 aromatic heterocycles. The molecule has 0 amide bonds. The third-order valence-electron chi connectivity index (χ3n) is 2.99. The van der Waals surface area contributed by atoms with Crippen LogP contribution in [-0.4, -0.2) is 34.8 Å². The van der Waals surface area contributed by atoms with E-state index in [9.17, 15) is 17.6 Å². The Kier molecular flexibility index (Phi) is 2.87. The van der Waals surface area contributed by atoms with Crippen molar-refractivity contribution in [3.8, 4) is 11.3 Å². The molecule has 21 heavy (non-hydrogen) atoms. The zero-order valence-corrected chi connectivity index (χ0v) is 11.5. The zero-order chi connectivity index (χ0) is 15.2. The summed E-state index contributed by atoms with van der Waals surface area (Å²) in [6.45, 7) is 0. The Hall–Kier alpha value is -2.55. The van der Waals surface area contributed by atoms with E-state index in [4.69, 9.17) is 0 Å². The van der Waals surface area contributed by atoms with Crippen molar-refractivity contribution in [2.75, 3.05) is 6.26 Å². The van der Waals surface area contributed by atoms with Crippen LogP contribution in [0.4, 0.5) is 4.39 Å². The summed E-state index contributed by atoms with van der Waals surface area (Å²) < 4.78 is 37.0. The first-order valence-electron chi connectivity index (χ1n) is 5.79. The van der Waals surface area contributed by atoms with E-state index < -0.39 is 21.2 Å². The minimum Gasteiger partial charge on any atom is -0.312 e. The Morgan fingerprint density at radius 1 is 1.29 bits per heavy atom. The Morgan fingerprint density at radius 2 is 2.05 bits per heavy atom. The highest BCUT2D eigenvalue weighted by Gasteiger charge is 2.17. The number of aromatic amines is 2. The summed E-state index contributed by atoms with van der Waals surface area (Å²) >= 11 is 0. The smallest absolute Gasteiger partial charge is 0.262 e. The quantitative estimate of drug-likeness (QED) is 0.729. The lowest BCUT2D eigenvalue weighted by Gasteiger charge is -2.03. The molecule has 0 saturated carbocycles. The third kappa shape index (κ3) is 2.21. The van der Waals surface area contributed by atoms with Crippen molar-refractivity contribution in [1.29, 1.82) is 0 Å². The minimum atomic E-state index is -3.51. The molecule has 0 spiro atoms. The number of nitrogens with zero attached hydrogens (tertiary/aromatic N) is 2. The van der Waals surface area contributed by atoms with E-state index in [0.717, 1.165) is 12.3 Å². The van der Waals surface area contributed by atoms with Gasteiger partial charge in [-0.15, -0.1) is 0 Å². The van der Waals surface area contributed by atoms with Crippen LogP contribution in [0.1, 0.15) is 0 Å². The largest absolute Gasteiger partial charge is 0.312 e. The maximum absolute atomic E-state index is 14.2. The number of benzene rings is 1. The molecule has 1 aromatic carbocycles. The van der Waals surface area contributed by atoms with E-state index in [1.807, 2.05) is 0 Å². The summed E-state index contributed by atoms with van der Waals surface area (Å²) in [7, 11) is -3.51. The molecule has 3 aromatic rings. The van der Waals surface area contributed by atoms with Gasteiger partial charge in [-0.3, -0.25) is 9.89 Å². The molecule has 0 bridgehead atoms. The van der Waals surface area contributed by atoms with Gasteiger partial charge in [0.1, 0.15) is 11.2 Å². The summed E-state index contributed by atoms with van der Waals surface area (Å²) in [4.78, 5) is 17.9. The second-order valence-corrected chi connectivity index (χ2v) is 6.46. The summed E-state index contributed by atoms with van der Waals surface area (Å²) in [6.07, 6.45) is 2.18. The number of nitrogens with one attached hydrogen (secondary N) is 2. The number of fused-ring (bicyclic) bond motifs is 1. The Labute approximate surface area is 117 Å². The average molecular weight is 308 g/mol. The number of sulfone groups is 1. The standard InChI is InChI=1S/C12H9FN4O3S/c1-21(19,20)6-2-3-7(8(13)4-6)10-9-11(17-16-10)14-5-15-12(9)18/h2-5H,1H3,(H2,14,15,16,17,18). The molecule has 108 valence electrons. The van der Waals surface area contributed by atoms with E-state index >= 15 is 0 Å². The van der Waals surface area contributed by atoms with Gasteiger partial charge < -0.3 is 4.98 Å². The van der Waals surface area contributed by atoms with Crippen LogP contribution >= 0.6 is 0 Å². The molecule has 0 aliphatic rings. The van der Waals surface area contributed by atoms with Gasteiger partial charge in [0.25, 0.3) is 5.56 Å². The molecular weight excluding hydrogens is 299 g/mol. The Morgan fingerprint density at radius 3 is 2.71 bits per heavy atom. The fraction of sp³-hybridized carbons (Fsp3) is 0.0833. The van der Waals surface area contributed by atoms with E-state index in [1.54, 1.807) is 0 Å². The summed E-state index contributed by atoms with van der Waals surface area (Å²) in [6, 6.07) is 3.46. The average Bonchev–Trinajstić information content (AvgIpc) is 2.83. The summed E-state index contributed by atoms with van der Waals surface area (Å²) in [5.41, 5.74) is -0.115. The molecule has 9 heteroatoms. The number of H-pyrrole nitrogens is 2. The lowest BCUT2D eigenvalue weighted by Crippen LogP contribution is -2.06. The van der Waals surface area contributed by atoms with E-state index in [0.29, 0.717) is 0 Å². The molecule has 0 aliphatic carbocycles. The topological polar surface area (TPSA) is 109 Å². The van der Waals surface area contributed by atoms with Gasteiger partial charge >= 0.3 is 0 Å². The number of aromatic nitrogens is 4. The van der Waals surface area contributed by atoms with Gasteiger partial charge in [-0.1, -0.05) is 0 Å². The minimum absolute atomic E-state index is 0.0448. The van der Waals surface area contributed by atoms with Gasteiger partial charge in [-0.2, -0.15) is 5.10 Å². The van der Waals surface area contributed by atoms with Gasteiger partial charge in [-0.05, 0) is 18.2 Å². The zero-order valence-electron chi connectivity index (χ0n) is 10.7. The van der Waals surface area contributed by atoms with Crippen molar-refractivity contribution in [1.82, 2.24) is 20.2 Å². The van der Waals surface area contributed by atoms with Crippen molar-refractivity contribution in [2.45, 2.75) is 4.90 Å². The molecule has 7 nitrogen and oxygen atoms in total.